The predicted octanol–water partition coefficient (Wildman–Crippen LogP) is 2.29. The van der Waals surface area contributed by atoms with E-state index in [1.165, 1.54) is 0 Å². The Hall–Kier alpha value is -0.460. The van der Waals surface area contributed by atoms with Gasteiger partial charge in [0.15, 0.2) is 0 Å². The highest BCUT2D eigenvalue weighted by atomic mass is 32.2. The third-order valence-corrected chi connectivity index (χ3v) is 7.57. The number of nitrogens with zero attached hydrogens (tertiary/aromatic N) is 1. The van der Waals surface area contributed by atoms with Crippen molar-refractivity contribution in [1.29, 1.82) is 0 Å². The normalized spacial score (nSPS) is 27.7. The maximum Gasteiger partial charge on any atom is 0.376 e. The fourth-order valence-electron chi connectivity index (χ4n) is 3.40. The number of piperidine rings is 1. The van der Waals surface area contributed by atoms with Crippen LogP contribution in [0.3, 0.4) is 0 Å². The van der Waals surface area contributed by atoms with E-state index in [0.717, 1.165) is 19.3 Å². The molecular weight excluding hydrogens is 378 g/mol. The zero-order chi connectivity index (χ0) is 18.4. The van der Waals surface area contributed by atoms with Crippen molar-refractivity contribution in [3.8, 4) is 0 Å². The molecule has 0 aromatic carbocycles. The second-order valence-electron chi connectivity index (χ2n) is 6.38. The minimum atomic E-state index is -6.14. The number of sulfonamides is 1. The Kier molecular flexibility index (Phi) is 5.27. The van der Waals surface area contributed by atoms with Gasteiger partial charge in [-0.05, 0) is 24.7 Å². The number of hydrogen-bond acceptors (Lipinski definition) is 4. The Morgan fingerprint density at radius 2 is 1.46 bits per heavy atom. The lowest BCUT2D eigenvalue weighted by Crippen LogP contribution is -2.52. The van der Waals surface area contributed by atoms with Gasteiger partial charge in [-0.15, -0.1) is 0 Å². The zero-order valence-corrected chi connectivity index (χ0v) is 14.3. The molecule has 1 N–H and O–H groups in total. The summed E-state index contributed by atoms with van der Waals surface area (Å²) >= 11 is 0. The van der Waals surface area contributed by atoms with Gasteiger partial charge in [0.05, 0.1) is 0 Å². The first-order valence-electron chi connectivity index (χ1n) is 7.50. The van der Waals surface area contributed by atoms with Crippen LogP contribution in [-0.4, -0.2) is 49.3 Å². The Balaban J connectivity index is 2.19. The molecule has 0 spiro atoms. The van der Waals surface area contributed by atoms with E-state index in [1.807, 2.05) is 0 Å². The first kappa shape index (κ1) is 19.9. The van der Waals surface area contributed by atoms with Gasteiger partial charge < -0.3 is 0 Å². The van der Waals surface area contributed by atoms with Gasteiger partial charge in [0.25, 0.3) is 10.0 Å². The number of alkyl halides is 4. The fourth-order valence-corrected chi connectivity index (χ4v) is 5.33. The monoisotopic (exact) mass is 397 g/mol. The molecule has 1 heterocycles. The van der Waals surface area contributed by atoms with E-state index in [2.05, 4.69) is 0 Å². The van der Waals surface area contributed by atoms with Crippen molar-refractivity contribution in [3.63, 3.8) is 0 Å². The van der Waals surface area contributed by atoms with Gasteiger partial charge in [-0.2, -0.15) is 30.3 Å². The van der Waals surface area contributed by atoms with Crippen LogP contribution in [0.4, 0.5) is 17.6 Å². The van der Waals surface area contributed by atoms with Gasteiger partial charge in [0.1, 0.15) is 6.42 Å². The van der Waals surface area contributed by atoms with Gasteiger partial charge in [-0.3, -0.25) is 4.55 Å². The van der Waals surface area contributed by atoms with Crippen molar-refractivity contribution >= 4 is 20.1 Å². The molecule has 12 heteroatoms. The van der Waals surface area contributed by atoms with Crippen LogP contribution in [-0.2, 0) is 20.1 Å². The molecule has 2 rings (SSSR count). The lowest BCUT2D eigenvalue weighted by atomic mass is 9.76. The van der Waals surface area contributed by atoms with E-state index in [-0.39, 0.29) is 24.9 Å². The molecule has 1 aliphatic carbocycles. The highest BCUT2D eigenvalue weighted by Gasteiger charge is 2.60. The molecule has 6 nitrogen and oxygen atoms in total. The molecule has 0 radical (unpaired) electrons. The Morgan fingerprint density at radius 1 is 0.917 bits per heavy atom. The predicted molar refractivity (Wildman–Crippen MR) is 76.6 cm³/mol. The van der Waals surface area contributed by atoms with Crippen LogP contribution in [0.1, 0.15) is 38.5 Å². The molecule has 0 aromatic heterocycles. The molecule has 1 aliphatic heterocycles. The summed E-state index contributed by atoms with van der Waals surface area (Å²) in [5.41, 5.74) is 0. The summed E-state index contributed by atoms with van der Waals surface area (Å²) in [6.45, 7) is -0.392. The van der Waals surface area contributed by atoms with Crippen LogP contribution in [0.2, 0.25) is 0 Å². The van der Waals surface area contributed by atoms with Crippen LogP contribution < -0.4 is 0 Å². The molecule has 1 saturated heterocycles. The average Bonchev–Trinajstić information content (AvgIpc) is 2.44. The van der Waals surface area contributed by atoms with Gasteiger partial charge in [0.2, 0.25) is 0 Å². The fraction of sp³-hybridized carbons (Fsp3) is 1.00. The summed E-state index contributed by atoms with van der Waals surface area (Å²) in [5.74, 6) is 0.137. The van der Waals surface area contributed by atoms with Crippen LogP contribution >= 0.6 is 0 Å². The van der Waals surface area contributed by atoms with Crippen LogP contribution in [0.15, 0.2) is 0 Å². The number of hydrogen-bond donors (Lipinski definition) is 1. The number of halogens is 4. The summed E-state index contributed by atoms with van der Waals surface area (Å²) in [7, 11) is -11.6. The largest absolute Gasteiger partial charge is 0.376 e. The molecule has 0 aromatic rings. The maximum atomic E-state index is 14.0. The van der Waals surface area contributed by atoms with Crippen molar-refractivity contribution in [1.82, 2.24) is 4.31 Å². The maximum absolute atomic E-state index is 14.0. The Morgan fingerprint density at radius 3 is 2.00 bits per heavy atom. The molecule has 2 atom stereocenters. The van der Waals surface area contributed by atoms with Crippen molar-refractivity contribution in [2.75, 3.05) is 13.1 Å². The molecule has 0 bridgehead atoms. The lowest BCUT2D eigenvalue weighted by molar-refractivity contribution is -0.0246. The summed E-state index contributed by atoms with van der Waals surface area (Å²) in [6.07, 6.45) is 0.969. The summed E-state index contributed by atoms with van der Waals surface area (Å²) in [4.78, 5) is 0. The van der Waals surface area contributed by atoms with Crippen LogP contribution in [0, 0.1) is 11.8 Å². The van der Waals surface area contributed by atoms with Gasteiger partial charge in [-0.1, -0.05) is 19.3 Å². The first-order valence-corrected chi connectivity index (χ1v) is 10.4. The van der Waals surface area contributed by atoms with Gasteiger partial charge >= 0.3 is 20.6 Å². The summed E-state index contributed by atoms with van der Waals surface area (Å²) in [6, 6.07) is 0. The Labute approximate surface area is 138 Å². The molecule has 2 fully saturated rings. The van der Waals surface area contributed by atoms with Crippen LogP contribution in [0.25, 0.3) is 0 Å². The molecule has 2 aliphatic rings. The quantitative estimate of drug-likeness (QED) is 0.568. The second-order valence-corrected chi connectivity index (χ2v) is 9.99. The molecule has 24 heavy (non-hydrogen) atoms. The SMILES string of the molecule is O=S(=O)(O)C(F)(F)CC(F)(F)S(=O)(=O)N1CCC2CCCCC2C1. The van der Waals surface area contributed by atoms with Crippen molar-refractivity contribution in [2.45, 2.75) is 49.0 Å². The van der Waals surface area contributed by atoms with Crippen LogP contribution in [0.5, 0.6) is 0 Å². The topological polar surface area (TPSA) is 91.7 Å². The molecule has 2 unspecified atom stereocenters. The molecule has 142 valence electrons. The zero-order valence-electron chi connectivity index (χ0n) is 12.7. The average molecular weight is 397 g/mol. The van der Waals surface area contributed by atoms with E-state index in [0.29, 0.717) is 17.1 Å². The second kappa shape index (κ2) is 6.36. The smallest absolute Gasteiger partial charge is 0.281 e. The number of rotatable bonds is 5. The third kappa shape index (κ3) is 3.70. The summed E-state index contributed by atoms with van der Waals surface area (Å²) in [5, 5.41) is -10.3. The number of fused-ring (bicyclic) bond motifs is 1. The minimum absolute atomic E-state index is 0.0971. The van der Waals surface area contributed by atoms with E-state index in [1.54, 1.807) is 0 Å². The Bertz CT molecular complexity index is 680. The third-order valence-electron chi connectivity index (χ3n) is 4.76. The highest BCUT2D eigenvalue weighted by Crippen LogP contribution is 2.42. The lowest BCUT2D eigenvalue weighted by Gasteiger charge is -2.41. The van der Waals surface area contributed by atoms with E-state index in [9.17, 15) is 34.4 Å². The van der Waals surface area contributed by atoms with E-state index >= 15 is 0 Å². The highest BCUT2D eigenvalue weighted by molar-refractivity contribution is 7.90. The molecular formula is C12H19F4NO5S2. The first-order chi connectivity index (χ1) is 10.8. The van der Waals surface area contributed by atoms with Crippen molar-refractivity contribution < 1.29 is 39.0 Å². The van der Waals surface area contributed by atoms with Crippen molar-refractivity contribution in [2.24, 2.45) is 11.8 Å². The van der Waals surface area contributed by atoms with Gasteiger partial charge in [-0.25, -0.2) is 8.42 Å². The van der Waals surface area contributed by atoms with Crippen molar-refractivity contribution in [3.05, 3.63) is 0 Å². The summed E-state index contributed by atoms with van der Waals surface area (Å²) < 4.78 is 108. The molecule has 0 amide bonds. The standard InChI is InChI=1S/C12H19F4NO5S2/c13-11(14,8-12(15,16)24(20,21)22)23(18,19)17-6-5-9-3-1-2-4-10(9)7-17/h9-10H,1-8H2,(H,20,21,22). The molecule has 1 saturated carbocycles. The minimum Gasteiger partial charge on any atom is -0.281 e. The van der Waals surface area contributed by atoms with E-state index < -0.39 is 37.1 Å². The van der Waals surface area contributed by atoms with Gasteiger partial charge in [0, 0.05) is 13.1 Å². The van der Waals surface area contributed by atoms with E-state index in [4.69, 9.17) is 4.55 Å².